The molecule has 8 aromatic rings. The summed E-state index contributed by atoms with van der Waals surface area (Å²) in [6.45, 7) is -0.0768. The Morgan fingerprint density at radius 1 is 0.649 bits per heavy atom. The van der Waals surface area contributed by atoms with Gasteiger partial charge in [-0.3, -0.25) is 9.59 Å². The van der Waals surface area contributed by atoms with Crippen LogP contribution in [-0.2, 0) is 26.3 Å². The predicted molar refractivity (Wildman–Crippen MR) is 199 cm³/mol. The number of carbonyl (C=O) groups is 2. The van der Waals surface area contributed by atoms with Crippen LogP contribution in [0.4, 0.5) is 13.2 Å². The molecular weight excluding hydrogens is 740 g/mol. The maximum atomic E-state index is 15.5. The summed E-state index contributed by atoms with van der Waals surface area (Å²) in [6, 6.07) is 28.5. The average Bonchev–Trinajstić information content (AvgIpc) is 3.93. The van der Waals surface area contributed by atoms with Gasteiger partial charge in [-0.15, -0.1) is 5.10 Å². The summed E-state index contributed by atoms with van der Waals surface area (Å²) in [7, 11) is 0. The molecule has 4 heterocycles. The summed E-state index contributed by atoms with van der Waals surface area (Å²) in [5.41, 5.74) is 3.58. The molecule has 0 atom stereocenters. The zero-order valence-electron chi connectivity index (χ0n) is 29.8. The minimum atomic E-state index is -0.556. The van der Waals surface area contributed by atoms with Gasteiger partial charge in [0.25, 0.3) is 11.8 Å². The number of fused-ring (bicyclic) bond motifs is 2. The smallest absolute Gasteiger partial charge is 0.255 e. The number of hydrogen-bond acceptors (Lipinski definition) is 9. The fourth-order valence-corrected chi connectivity index (χ4v) is 6.08. The average molecular weight is 770 g/mol. The number of amides is 2. The summed E-state index contributed by atoms with van der Waals surface area (Å²) in [6.07, 6.45) is 2.92. The van der Waals surface area contributed by atoms with Crippen molar-refractivity contribution in [3.8, 4) is 22.8 Å². The van der Waals surface area contributed by atoms with E-state index in [1.807, 2.05) is 6.07 Å². The lowest BCUT2D eigenvalue weighted by Crippen LogP contribution is -2.24. The van der Waals surface area contributed by atoms with Crippen LogP contribution in [0.15, 0.2) is 122 Å². The van der Waals surface area contributed by atoms with Crippen molar-refractivity contribution in [1.82, 2.24) is 45.3 Å². The van der Waals surface area contributed by atoms with E-state index < -0.39 is 23.4 Å². The molecule has 0 spiro atoms. The fraction of sp³-hybridized carbons (Fsp3) is 0.0976. The van der Waals surface area contributed by atoms with Crippen LogP contribution in [0.2, 0.25) is 0 Å². The molecule has 8 rings (SSSR count). The van der Waals surface area contributed by atoms with E-state index >= 15 is 4.39 Å². The first-order valence-corrected chi connectivity index (χ1v) is 17.5. The molecule has 0 fully saturated rings. The molecule has 284 valence electrons. The van der Waals surface area contributed by atoms with Gasteiger partial charge in [-0.2, -0.15) is 9.61 Å². The molecule has 4 aromatic heterocycles. The van der Waals surface area contributed by atoms with Gasteiger partial charge in [-0.05, 0) is 82.7 Å². The highest BCUT2D eigenvalue weighted by molar-refractivity contribution is 6.00. The number of benzene rings is 4. The van der Waals surface area contributed by atoms with E-state index in [9.17, 15) is 18.4 Å². The molecule has 0 saturated heterocycles. The molecule has 0 saturated carbocycles. The minimum absolute atomic E-state index is 0.0517. The highest BCUT2D eigenvalue weighted by atomic mass is 19.1. The van der Waals surface area contributed by atoms with Gasteiger partial charge in [-0.25, -0.2) is 22.7 Å². The monoisotopic (exact) mass is 769 g/mol. The molecule has 2 amide bonds. The zero-order chi connectivity index (χ0) is 39.3. The number of halogens is 3. The Kier molecular flexibility index (Phi) is 10.2. The van der Waals surface area contributed by atoms with Gasteiger partial charge in [0.05, 0.1) is 16.8 Å². The molecule has 57 heavy (non-hydrogen) atoms. The second-order valence-electron chi connectivity index (χ2n) is 12.7. The third-order valence-electron chi connectivity index (χ3n) is 9.04. The highest BCUT2D eigenvalue weighted by Gasteiger charge is 2.18. The van der Waals surface area contributed by atoms with Crippen LogP contribution in [0.1, 0.15) is 43.0 Å². The summed E-state index contributed by atoms with van der Waals surface area (Å²) in [4.78, 5) is 30.4. The molecule has 2 N–H and O–H groups in total. The predicted octanol–water partition coefficient (Wildman–Crippen LogP) is 6.27. The van der Waals surface area contributed by atoms with Gasteiger partial charge in [0, 0.05) is 41.5 Å². The van der Waals surface area contributed by atoms with Crippen LogP contribution < -0.4 is 20.1 Å². The van der Waals surface area contributed by atoms with E-state index in [-0.39, 0.29) is 49.0 Å². The summed E-state index contributed by atoms with van der Waals surface area (Å²) in [5.74, 6) is -1.58. The van der Waals surface area contributed by atoms with Gasteiger partial charge in [0.1, 0.15) is 48.5 Å². The van der Waals surface area contributed by atoms with Crippen molar-refractivity contribution in [3.63, 3.8) is 0 Å². The first-order chi connectivity index (χ1) is 27.8. The van der Waals surface area contributed by atoms with Crippen LogP contribution in [0.25, 0.3) is 22.6 Å². The van der Waals surface area contributed by atoms with Gasteiger partial charge in [0.2, 0.25) is 0 Å². The van der Waals surface area contributed by atoms with Gasteiger partial charge in [0.15, 0.2) is 11.3 Å². The zero-order valence-corrected chi connectivity index (χ0v) is 29.8. The fourth-order valence-electron chi connectivity index (χ4n) is 6.08. The number of rotatable bonds is 13. The quantitative estimate of drug-likeness (QED) is 0.138. The normalized spacial score (nSPS) is 11.1. The second kappa shape index (κ2) is 16.0. The van der Waals surface area contributed by atoms with E-state index in [0.29, 0.717) is 45.1 Å². The summed E-state index contributed by atoms with van der Waals surface area (Å²) >= 11 is 0. The number of pyridine rings is 2. The Bertz CT molecular complexity index is 2770. The molecule has 13 nitrogen and oxygen atoms in total. The lowest BCUT2D eigenvalue weighted by molar-refractivity contribution is 0.0943. The van der Waals surface area contributed by atoms with Crippen molar-refractivity contribution in [2.24, 2.45) is 0 Å². The molecule has 0 unspecified atom stereocenters. The number of tetrazole rings is 1. The maximum absolute atomic E-state index is 15.5. The van der Waals surface area contributed by atoms with Gasteiger partial charge < -0.3 is 20.1 Å². The Labute approximate surface area is 321 Å². The van der Waals surface area contributed by atoms with Crippen LogP contribution in [-0.4, -0.2) is 46.5 Å². The lowest BCUT2D eigenvalue weighted by atomic mass is 10.1. The first kappa shape index (κ1) is 36.4. The Balaban J connectivity index is 0.894. The van der Waals surface area contributed by atoms with Crippen molar-refractivity contribution in [2.75, 3.05) is 0 Å². The number of carbonyl (C=O) groups excluding carboxylic acids is 2. The highest BCUT2D eigenvalue weighted by Crippen LogP contribution is 2.26. The van der Waals surface area contributed by atoms with Crippen molar-refractivity contribution in [2.45, 2.75) is 26.3 Å². The van der Waals surface area contributed by atoms with Crippen LogP contribution in [0, 0.1) is 17.5 Å². The molecule has 4 aromatic carbocycles. The topological polar surface area (TPSA) is 150 Å². The summed E-state index contributed by atoms with van der Waals surface area (Å²) in [5, 5.41) is 21.1. The SMILES string of the molecule is O=C(NCc1cccc(OCc2ccc(-c3ccc(C(=O)NCc4cc(OCc5ccccc5F)ccc4F)c4ncnn34)cc2F)c1)c1cccn2nnnc12. The third-order valence-corrected chi connectivity index (χ3v) is 9.04. The van der Waals surface area contributed by atoms with Crippen molar-refractivity contribution >= 4 is 23.1 Å². The second-order valence-corrected chi connectivity index (χ2v) is 12.7. The lowest BCUT2D eigenvalue weighted by Gasteiger charge is -2.12. The Hall–Kier alpha value is -7.62. The molecule has 0 bridgehead atoms. The standard InChI is InChI=1S/C41H30F3N9O4/c42-34-9-2-1-6-27(34)22-57-31-12-14-35(43)29(18-31)21-46-41(55)33-13-15-37(53-38(33)47-24-48-53)26-10-11-28(36(44)19-26)23-56-30-7-3-5-25(17-30)20-45-40(54)32-8-4-16-52-39(32)49-50-51-52/h1-19,24H,20-23H2,(H,45,54)(H,46,55). The minimum Gasteiger partial charge on any atom is -0.489 e. The number of nitrogens with one attached hydrogen (secondary N) is 2. The van der Waals surface area contributed by atoms with E-state index in [0.717, 1.165) is 5.56 Å². The maximum Gasteiger partial charge on any atom is 0.255 e. The molecular formula is C41H30F3N9O4. The van der Waals surface area contributed by atoms with Crippen molar-refractivity contribution < 1.29 is 32.2 Å². The summed E-state index contributed by atoms with van der Waals surface area (Å²) < 4.78 is 58.6. The van der Waals surface area contributed by atoms with E-state index in [2.05, 4.69) is 36.2 Å². The number of nitrogens with zero attached hydrogens (tertiary/aromatic N) is 7. The Morgan fingerprint density at radius 3 is 2.23 bits per heavy atom. The van der Waals surface area contributed by atoms with Crippen LogP contribution >= 0.6 is 0 Å². The number of aromatic nitrogens is 7. The van der Waals surface area contributed by atoms with Gasteiger partial charge >= 0.3 is 0 Å². The van der Waals surface area contributed by atoms with Crippen LogP contribution in [0.5, 0.6) is 11.5 Å². The van der Waals surface area contributed by atoms with E-state index in [1.165, 1.54) is 51.8 Å². The van der Waals surface area contributed by atoms with Crippen molar-refractivity contribution in [3.05, 3.63) is 173 Å². The molecule has 0 aliphatic rings. The van der Waals surface area contributed by atoms with E-state index in [1.54, 1.807) is 72.9 Å². The van der Waals surface area contributed by atoms with E-state index in [4.69, 9.17) is 9.47 Å². The number of hydrogen-bond donors (Lipinski definition) is 2. The largest absolute Gasteiger partial charge is 0.489 e. The number of ether oxygens (including phenoxy) is 2. The third kappa shape index (κ3) is 7.95. The molecule has 0 aliphatic heterocycles. The first-order valence-electron chi connectivity index (χ1n) is 17.5. The van der Waals surface area contributed by atoms with Crippen molar-refractivity contribution in [1.29, 1.82) is 0 Å². The molecule has 16 heteroatoms. The molecule has 0 aliphatic carbocycles. The van der Waals surface area contributed by atoms with Gasteiger partial charge in [-0.1, -0.05) is 42.5 Å². The molecule has 0 radical (unpaired) electrons. The Morgan fingerprint density at radius 2 is 1.40 bits per heavy atom. The van der Waals surface area contributed by atoms with Crippen LogP contribution in [0.3, 0.4) is 0 Å².